The number of nitrogens with zero attached hydrogens (tertiary/aromatic N) is 5. The fraction of sp³-hybridized carbons (Fsp3) is 0.333. The van der Waals surface area contributed by atoms with Gasteiger partial charge in [-0.15, -0.1) is 5.10 Å². The van der Waals surface area contributed by atoms with Crippen LogP contribution in [-0.4, -0.2) is 50.8 Å². The van der Waals surface area contributed by atoms with Gasteiger partial charge in [0.05, 0.1) is 10.9 Å². The Balaban J connectivity index is 1.48. The molecule has 1 aliphatic rings. The largest absolute Gasteiger partial charge is 0.492 e. The molecule has 1 fully saturated rings. The average molecular weight is 468 g/mol. The summed E-state index contributed by atoms with van der Waals surface area (Å²) in [5, 5.41) is 16.3. The minimum Gasteiger partial charge on any atom is -0.492 e. The Morgan fingerprint density at radius 2 is 1.88 bits per heavy atom. The SMILES string of the molecule is CCc1nc2sc([C@@H](c3cccc(C)c3)N3CCN(c4cccc(Cl)c4)CC3)c(O)n2n1. The number of aromatic hydroxyl groups is 1. The number of aromatic nitrogens is 3. The van der Waals surface area contributed by atoms with E-state index in [4.69, 9.17) is 11.6 Å². The summed E-state index contributed by atoms with van der Waals surface area (Å²) in [7, 11) is 0. The van der Waals surface area contributed by atoms with Gasteiger partial charge in [0.2, 0.25) is 10.8 Å². The molecule has 0 amide bonds. The van der Waals surface area contributed by atoms with Crippen molar-refractivity contribution >= 4 is 33.6 Å². The minimum atomic E-state index is -0.0463. The van der Waals surface area contributed by atoms with Crippen molar-refractivity contribution < 1.29 is 5.11 Å². The van der Waals surface area contributed by atoms with Crippen LogP contribution in [0.15, 0.2) is 48.5 Å². The van der Waals surface area contributed by atoms with Crippen LogP contribution in [0.2, 0.25) is 5.02 Å². The van der Waals surface area contributed by atoms with Crippen LogP contribution in [0.1, 0.15) is 34.8 Å². The third-order valence-corrected chi connectivity index (χ3v) is 7.33. The molecule has 32 heavy (non-hydrogen) atoms. The number of rotatable bonds is 5. The Morgan fingerprint density at radius 3 is 2.56 bits per heavy atom. The second-order valence-electron chi connectivity index (χ2n) is 8.19. The van der Waals surface area contributed by atoms with Crippen molar-refractivity contribution in [3.63, 3.8) is 0 Å². The highest BCUT2D eigenvalue weighted by Gasteiger charge is 2.32. The summed E-state index contributed by atoms with van der Waals surface area (Å²) >= 11 is 7.74. The number of benzene rings is 2. The van der Waals surface area contributed by atoms with E-state index in [1.54, 1.807) is 4.52 Å². The van der Waals surface area contributed by atoms with Crippen LogP contribution in [-0.2, 0) is 6.42 Å². The van der Waals surface area contributed by atoms with Gasteiger partial charge in [0, 0.05) is 43.3 Å². The molecule has 6 nitrogen and oxygen atoms in total. The molecule has 1 saturated heterocycles. The summed E-state index contributed by atoms with van der Waals surface area (Å²) in [4.78, 5) is 11.0. The summed E-state index contributed by atoms with van der Waals surface area (Å²) in [6, 6.07) is 16.5. The van der Waals surface area contributed by atoms with Gasteiger partial charge in [0.15, 0.2) is 5.82 Å². The zero-order valence-corrected chi connectivity index (χ0v) is 19.8. The third kappa shape index (κ3) is 3.96. The second kappa shape index (κ2) is 8.73. The fourth-order valence-corrected chi connectivity index (χ4v) is 5.72. The highest BCUT2D eigenvalue weighted by atomic mass is 35.5. The normalized spacial score (nSPS) is 16.0. The molecule has 1 atom stereocenters. The van der Waals surface area contributed by atoms with Crippen molar-refractivity contribution in [1.82, 2.24) is 19.5 Å². The van der Waals surface area contributed by atoms with E-state index >= 15 is 0 Å². The zero-order valence-electron chi connectivity index (χ0n) is 18.2. The highest BCUT2D eigenvalue weighted by Crippen LogP contribution is 2.40. The number of thiazole rings is 1. The average Bonchev–Trinajstić information content (AvgIpc) is 3.34. The highest BCUT2D eigenvalue weighted by molar-refractivity contribution is 7.17. The van der Waals surface area contributed by atoms with Gasteiger partial charge in [-0.05, 0) is 30.7 Å². The van der Waals surface area contributed by atoms with E-state index in [9.17, 15) is 5.11 Å². The quantitative estimate of drug-likeness (QED) is 0.451. The Hall–Kier alpha value is -2.61. The van der Waals surface area contributed by atoms with Crippen molar-refractivity contribution in [3.8, 4) is 5.88 Å². The van der Waals surface area contributed by atoms with Crippen molar-refractivity contribution in [2.45, 2.75) is 26.3 Å². The summed E-state index contributed by atoms with van der Waals surface area (Å²) in [5.74, 6) is 0.946. The molecule has 5 rings (SSSR count). The number of hydrogen-bond acceptors (Lipinski definition) is 6. The Bertz CT molecular complexity index is 1240. The van der Waals surface area contributed by atoms with Crippen LogP contribution in [0.5, 0.6) is 5.88 Å². The second-order valence-corrected chi connectivity index (χ2v) is 9.63. The molecule has 0 bridgehead atoms. The molecule has 2 aromatic carbocycles. The molecule has 166 valence electrons. The van der Waals surface area contributed by atoms with Crippen LogP contribution in [0.3, 0.4) is 0 Å². The molecule has 0 saturated carbocycles. The number of halogens is 1. The molecule has 2 aromatic heterocycles. The predicted octanol–water partition coefficient (Wildman–Crippen LogP) is 4.93. The standard InChI is InChI=1S/C24H26ClN5OS/c1-3-20-26-24-30(27-20)23(31)22(32-24)21(17-7-4-6-16(2)14-17)29-12-10-28(11-13-29)19-9-5-8-18(25)15-19/h4-9,14-15,21,31H,3,10-13H2,1-2H3/t21-/m1/s1. The predicted molar refractivity (Wildman–Crippen MR) is 130 cm³/mol. The van der Waals surface area contributed by atoms with E-state index in [-0.39, 0.29) is 11.9 Å². The van der Waals surface area contributed by atoms with Crippen LogP contribution in [0, 0.1) is 6.92 Å². The van der Waals surface area contributed by atoms with Gasteiger partial charge >= 0.3 is 0 Å². The van der Waals surface area contributed by atoms with Crippen LogP contribution in [0.25, 0.3) is 4.96 Å². The van der Waals surface area contributed by atoms with E-state index in [0.717, 1.165) is 59.0 Å². The van der Waals surface area contributed by atoms with Gasteiger partial charge in [0.25, 0.3) is 0 Å². The molecule has 1 aliphatic heterocycles. The molecule has 4 aromatic rings. The summed E-state index contributed by atoms with van der Waals surface area (Å²) in [6.45, 7) is 7.66. The molecule has 0 unspecified atom stereocenters. The van der Waals surface area contributed by atoms with E-state index in [1.165, 1.54) is 22.5 Å². The lowest BCUT2D eigenvalue weighted by Crippen LogP contribution is -2.47. The van der Waals surface area contributed by atoms with Gasteiger partial charge in [-0.3, -0.25) is 4.90 Å². The lowest BCUT2D eigenvalue weighted by Gasteiger charge is -2.40. The maximum atomic E-state index is 11.1. The molecule has 0 radical (unpaired) electrons. The minimum absolute atomic E-state index is 0.0463. The molecular formula is C24H26ClN5OS. The van der Waals surface area contributed by atoms with Gasteiger partial charge < -0.3 is 10.0 Å². The lowest BCUT2D eigenvalue weighted by molar-refractivity contribution is 0.211. The monoisotopic (exact) mass is 467 g/mol. The van der Waals surface area contributed by atoms with Crippen LogP contribution in [0.4, 0.5) is 5.69 Å². The maximum Gasteiger partial charge on any atom is 0.230 e. The first-order valence-corrected chi connectivity index (χ1v) is 12.1. The Morgan fingerprint density at radius 1 is 1.09 bits per heavy atom. The van der Waals surface area contributed by atoms with E-state index in [2.05, 4.69) is 57.1 Å². The number of hydrogen-bond donors (Lipinski definition) is 1. The first kappa shape index (κ1) is 21.2. The Labute approximate surface area is 196 Å². The van der Waals surface area contributed by atoms with Crippen molar-refractivity contribution in [3.05, 3.63) is 75.4 Å². The zero-order chi connectivity index (χ0) is 22.2. The van der Waals surface area contributed by atoms with Crippen molar-refractivity contribution in [2.75, 3.05) is 31.1 Å². The van der Waals surface area contributed by atoms with Crippen LogP contribution < -0.4 is 4.90 Å². The number of fused-ring (bicyclic) bond motifs is 1. The molecule has 1 N–H and O–H groups in total. The molecule has 0 spiro atoms. The molecule has 3 heterocycles. The van der Waals surface area contributed by atoms with Crippen molar-refractivity contribution in [1.29, 1.82) is 0 Å². The maximum absolute atomic E-state index is 11.1. The first-order chi connectivity index (χ1) is 15.5. The van der Waals surface area contributed by atoms with Crippen LogP contribution >= 0.6 is 22.9 Å². The summed E-state index contributed by atoms with van der Waals surface area (Å²) in [6.07, 6.45) is 0.746. The topological polar surface area (TPSA) is 56.9 Å². The number of piperazine rings is 1. The van der Waals surface area contributed by atoms with Crippen molar-refractivity contribution in [2.24, 2.45) is 0 Å². The molecular weight excluding hydrogens is 442 g/mol. The smallest absolute Gasteiger partial charge is 0.230 e. The summed E-state index contributed by atoms with van der Waals surface area (Å²) in [5.41, 5.74) is 3.53. The first-order valence-electron chi connectivity index (χ1n) is 10.9. The van der Waals surface area contributed by atoms with Gasteiger partial charge in [0.1, 0.15) is 0 Å². The Kier molecular flexibility index (Phi) is 5.80. The van der Waals surface area contributed by atoms with Gasteiger partial charge in [-0.25, -0.2) is 4.98 Å². The van der Waals surface area contributed by atoms with E-state index in [1.807, 2.05) is 25.1 Å². The molecule has 0 aliphatic carbocycles. The number of anilines is 1. The number of aryl methyl sites for hydroxylation is 2. The van der Waals surface area contributed by atoms with Gasteiger partial charge in [-0.1, -0.05) is 65.8 Å². The van der Waals surface area contributed by atoms with Gasteiger partial charge in [-0.2, -0.15) is 4.52 Å². The van der Waals surface area contributed by atoms with E-state index in [0.29, 0.717) is 0 Å². The van der Waals surface area contributed by atoms with E-state index < -0.39 is 0 Å². The summed E-state index contributed by atoms with van der Waals surface area (Å²) < 4.78 is 1.59. The lowest BCUT2D eigenvalue weighted by atomic mass is 10.0. The third-order valence-electron chi connectivity index (χ3n) is 6.02. The fourth-order valence-electron chi connectivity index (χ4n) is 4.40. The molecule has 8 heteroatoms.